The van der Waals surface area contributed by atoms with Crippen LogP contribution in [-0.2, 0) is 39.0 Å². The van der Waals surface area contributed by atoms with Crippen molar-refractivity contribution in [2.45, 2.75) is 183 Å². The van der Waals surface area contributed by atoms with Gasteiger partial charge in [-0.15, -0.1) is 23.1 Å². The molecule has 5 atom stereocenters. The van der Waals surface area contributed by atoms with E-state index in [1.807, 2.05) is 93.9 Å². The number of carbonyl (C=O) groups excluding carboxylic acids is 5. The zero-order chi connectivity index (χ0) is 74.6. The third kappa shape index (κ3) is 21.3. The summed E-state index contributed by atoms with van der Waals surface area (Å²) in [6.07, 6.45) is 6.51. The number of aliphatic hydroxyl groups is 1. The SMILES string of the molecule is C=C(CCC)C1=C(CN2CCN(c3ccc(C(=O)NS(=O)(=O)c4ccc(N[C@H](CCN5CCN(C(=O)CCCCCC(=O)NC(C(=O)N6C[C@H](O)C[C@H]6C(=O)N[C@@H](C)c6ccc(-c7scnc7C)cc6)C(C)(C)C)CC5)CSc5ccccc5)c(S(=O)(=O)C(F)(F)F)c4)cc3)CC2)CCC(C)(C)C1. The van der Waals surface area contributed by atoms with Crippen LogP contribution in [0.3, 0.4) is 0 Å². The van der Waals surface area contributed by atoms with Crippen molar-refractivity contribution in [1.29, 1.82) is 0 Å². The van der Waals surface area contributed by atoms with Crippen molar-refractivity contribution in [2.24, 2.45) is 10.8 Å². The van der Waals surface area contributed by atoms with E-state index in [2.05, 4.69) is 63.0 Å². The number of likely N-dealkylation sites (tertiary alicyclic amines) is 1. The number of thiazole rings is 1. The summed E-state index contributed by atoms with van der Waals surface area (Å²) < 4.78 is 100. The summed E-state index contributed by atoms with van der Waals surface area (Å²) >= 11 is 2.94. The lowest BCUT2D eigenvalue weighted by atomic mass is 9.72. The minimum Gasteiger partial charge on any atom is -0.391 e. The van der Waals surface area contributed by atoms with Crippen LogP contribution in [0.25, 0.3) is 10.4 Å². The lowest BCUT2D eigenvalue weighted by Gasteiger charge is -2.39. The molecule has 3 saturated heterocycles. The van der Waals surface area contributed by atoms with Crippen molar-refractivity contribution in [3.05, 3.63) is 143 Å². The van der Waals surface area contributed by atoms with E-state index in [0.717, 1.165) is 109 Å². The Labute approximate surface area is 614 Å². The number of halogens is 3. The number of carbonyl (C=O) groups is 5. The number of sulfonamides is 1. The number of hydrogen-bond donors (Lipinski definition) is 5. The number of anilines is 2. The van der Waals surface area contributed by atoms with Gasteiger partial charge in [-0.25, -0.2) is 26.5 Å². The standard InChI is InChI=1S/C76H101F3N10O10S4/c1-10-17-51(2)63-46-75(8,9)34-32-57(63)47-86-38-40-87(41-39-86)59-28-26-56(27-29-59)71(93)84-103(98,99)62-30-31-64(66(45-62)102(96,97)76(77,78)79)82-58(49-100-61-18-13-11-14-19-61)33-35-85-36-42-88(43-37-85)68(92)21-16-12-15-20-67(91)83-70(74(5,6)7)73(95)89-48-60(90)44-65(89)72(94)81-52(3)54-22-24-55(25-23-54)69-53(4)80-50-101-69/h11,13-14,18-19,22-31,45,50,52,58,60,65,70,82,90H,2,10,12,15-17,20-21,32-44,46-49H2,1,3-9H3,(H,81,94)(H,83,91)(H,84,93)/t52-,58+,60+,65-,70?/m0/s1. The van der Waals surface area contributed by atoms with Crippen LogP contribution in [-0.4, -0.2) is 184 Å². The second-order valence-corrected chi connectivity index (χ2v) is 35.1. The maximum Gasteiger partial charge on any atom is 0.501 e. The molecular formula is C76H101F3N10O10S4. The predicted molar refractivity (Wildman–Crippen MR) is 400 cm³/mol. The Bertz CT molecular complexity index is 4060. The van der Waals surface area contributed by atoms with Gasteiger partial charge in [0, 0.05) is 119 Å². The molecule has 4 aromatic carbocycles. The van der Waals surface area contributed by atoms with Crippen molar-refractivity contribution in [3.63, 3.8) is 0 Å². The second-order valence-electron chi connectivity index (χ2n) is 29.5. The quantitative estimate of drug-likeness (QED) is 0.0212. The van der Waals surface area contributed by atoms with Gasteiger partial charge in [0.25, 0.3) is 25.8 Å². The van der Waals surface area contributed by atoms with E-state index in [1.54, 1.807) is 33.9 Å². The molecule has 560 valence electrons. The van der Waals surface area contributed by atoms with E-state index in [1.165, 1.54) is 45.5 Å². The fourth-order valence-corrected chi connectivity index (χ4v) is 17.6. The van der Waals surface area contributed by atoms with Gasteiger partial charge in [-0.1, -0.05) is 115 Å². The number of unbranched alkanes of at least 4 members (excludes halogenated alkanes) is 2. The zero-order valence-corrected chi connectivity index (χ0v) is 63.7. The van der Waals surface area contributed by atoms with Crippen LogP contribution < -0.4 is 25.6 Å². The summed E-state index contributed by atoms with van der Waals surface area (Å²) in [5.74, 6) is -2.08. The largest absolute Gasteiger partial charge is 0.501 e. The fraction of sp³-hybridized carbons (Fsp3) is 0.526. The molecular weight excluding hydrogens is 1400 g/mol. The zero-order valence-electron chi connectivity index (χ0n) is 60.5. The molecule has 0 bridgehead atoms. The number of benzene rings is 4. The number of β-amino-alcohol motifs (C(OH)–C–C–N with tert-alkyl or cyclic N) is 1. The van der Waals surface area contributed by atoms with Gasteiger partial charge >= 0.3 is 5.51 Å². The van der Waals surface area contributed by atoms with Crippen molar-refractivity contribution < 1.29 is 59.1 Å². The molecule has 5 N–H and O–H groups in total. The molecule has 5 amide bonds. The molecule has 5 aromatic rings. The normalized spacial score (nSPS) is 18.8. The third-order valence-electron chi connectivity index (χ3n) is 20.0. The van der Waals surface area contributed by atoms with E-state index < -0.39 is 94.3 Å². The first-order valence-corrected chi connectivity index (χ1v) is 40.6. The van der Waals surface area contributed by atoms with Gasteiger partial charge in [-0.2, -0.15) is 13.2 Å². The first-order chi connectivity index (χ1) is 48.7. The van der Waals surface area contributed by atoms with Crippen LogP contribution in [0.15, 0.2) is 141 Å². The highest BCUT2D eigenvalue weighted by atomic mass is 32.2. The maximum absolute atomic E-state index is 14.6. The Morgan fingerprint density at radius 3 is 2.14 bits per heavy atom. The van der Waals surface area contributed by atoms with E-state index in [0.29, 0.717) is 64.5 Å². The lowest BCUT2D eigenvalue weighted by molar-refractivity contribution is -0.144. The second kappa shape index (κ2) is 34.8. The Balaban J connectivity index is 0.743. The molecule has 0 saturated carbocycles. The number of piperazine rings is 2. The average Bonchev–Trinajstić information content (AvgIpc) is 1.41. The van der Waals surface area contributed by atoms with Gasteiger partial charge < -0.3 is 35.8 Å². The monoisotopic (exact) mass is 1500 g/mol. The van der Waals surface area contributed by atoms with Crippen LogP contribution in [0.5, 0.6) is 0 Å². The molecule has 0 spiro atoms. The highest BCUT2D eigenvalue weighted by molar-refractivity contribution is 7.99. The number of nitrogens with one attached hydrogen (secondary N) is 4. The molecule has 4 aliphatic rings. The van der Waals surface area contributed by atoms with Crippen LogP contribution in [0.4, 0.5) is 24.5 Å². The molecule has 103 heavy (non-hydrogen) atoms. The number of sulfone groups is 1. The predicted octanol–water partition coefficient (Wildman–Crippen LogP) is 11.9. The van der Waals surface area contributed by atoms with E-state index in [4.69, 9.17) is 0 Å². The van der Waals surface area contributed by atoms with Gasteiger partial charge in [-0.3, -0.25) is 33.8 Å². The molecule has 3 fully saturated rings. The summed E-state index contributed by atoms with van der Waals surface area (Å²) in [4.78, 5) is 82.6. The Kier molecular flexibility index (Phi) is 27.1. The summed E-state index contributed by atoms with van der Waals surface area (Å²) in [5.41, 5.74) is 2.74. The number of nitrogens with zero attached hydrogens (tertiary/aromatic N) is 6. The van der Waals surface area contributed by atoms with Crippen molar-refractivity contribution >= 4 is 83.9 Å². The molecule has 0 radical (unpaired) electrons. The molecule has 9 rings (SSSR count). The first-order valence-electron chi connectivity index (χ1n) is 35.7. The number of aromatic nitrogens is 1. The first kappa shape index (κ1) is 80.0. The number of alkyl halides is 3. The number of hydrogen-bond acceptors (Lipinski definition) is 17. The van der Waals surface area contributed by atoms with E-state index >= 15 is 0 Å². The molecule has 4 heterocycles. The number of aryl methyl sites for hydroxylation is 1. The lowest BCUT2D eigenvalue weighted by Crippen LogP contribution is -2.57. The van der Waals surface area contributed by atoms with Gasteiger partial charge in [0.15, 0.2) is 0 Å². The Morgan fingerprint density at radius 2 is 1.50 bits per heavy atom. The van der Waals surface area contributed by atoms with E-state index in [-0.39, 0.29) is 54.4 Å². The van der Waals surface area contributed by atoms with Gasteiger partial charge in [0.05, 0.1) is 38.8 Å². The Morgan fingerprint density at radius 1 is 0.825 bits per heavy atom. The summed E-state index contributed by atoms with van der Waals surface area (Å²) in [6.45, 7) is 26.6. The van der Waals surface area contributed by atoms with Crippen molar-refractivity contribution in [3.8, 4) is 10.4 Å². The average molecular weight is 1500 g/mol. The number of allylic oxidation sites excluding steroid dienone is 2. The highest BCUT2D eigenvalue weighted by Gasteiger charge is 2.49. The number of rotatable bonds is 30. The van der Waals surface area contributed by atoms with Crippen LogP contribution in [0.1, 0.15) is 153 Å². The summed E-state index contributed by atoms with van der Waals surface area (Å²) in [7, 11) is -11.1. The molecule has 3 aliphatic heterocycles. The molecule has 27 heteroatoms. The molecule has 20 nitrogen and oxygen atoms in total. The smallest absolute Gasteiger partial charge is 0.391 e. The van der Waals surface area contributed by atoms with Gasteiger partial charge in [0.2, 0.25) is 23.6 Å². The van der Waals surface area contributed by atoms with Gasteiger partial charge in [-0.05, 0) is 141 Å². The number of amides is 5. The van der Waals surface area contributed by atoms with E-state index in [9.17, 15) is 59.1 Å². The molecule has 1 aliphatic carbocycles. The summed E-state index contributed by atoms with van der Waals surface area (Å²) in [6, 6.07) is 22.8. The highest BCUT2D eigenvalue weighted by Crippen LogP contribution is 2.43. The minimum atomic E-state index is -6.18. The van der Waals surface area contributed by atoms with Crippen LogP contribution in [0, 0.1) is 17.8 Å². The number of thioether (sulfide) groups is 1. The molecule has 1 unspecified atom stereocenters. The maximum atomic E-state index is 14.6. The summed E-state index contributed by atoms with van der Waals surface area (Å²) in [5, 5.41) is 19.7. The van der Waals surface area contributed by atoms with Crippen molar-refractivity contribution in [1.82, 2.24) is 39.9 Å². The van der Waals surface area contributed by atoms with Crippen LogP contribution in [0.2, 0.25) is 0 Å². The van der Waals surface area contributed by atoms with Crippen molar-refractivity contribution in [2.75, 3.05) is 88.0 Å². The number of aliphatic hydroxyl groups excluding tert-OH is 1. The fourth-order valence-electron chi connectivity index (χ4n) is 13.8. The minimum absolute atomic E-state index is 0.0325. The third-order valence-corrected chi connectivity index (χ3v) is 25.0. The van der Waals surface area contributed by atoms with Gasteiger partial charge in [0.1, 0.15) is 17.0 Å². The Hall–Kier alpha value is -7.14. The topological polar surface area (TPSA) is 251 Å². The van der Waals surface area contributed by atoms with Crippen LogP contribution >= 0.6 is 23.1 Å². The molecule has 1 aromatic heterocycles.